The molecule has 0 saturated heterocycles. The van der Waals surface area contributed by atoms with Crippen molar-refractivity contribution in [3.05, 3.63) is 32.7 Å². The molecule has 6 nitrogen and oxygen atoms in total. The lowest BCUT2D eigenvalue weighted by Crippen LogP contribution is -2.47. The predicted octanol–water partition coefficient (Wildman–Crippen LogP) is 2.06. The minimum Gasteiger partial charge on any atom is -0.379 e. The van der Waals surface area contributed by atoms with Crippen molar-refractivity contribution in [2.24, 2.45) is 0 Å². The summed E-state index contributed by atoms with van der Waals surface area (Å²) in [5.74, 6) is -0.367. The van der Waals surface area contributed by atoms with Crippen molar-refractivity contribution in [1.82, 2.24) is 14.7 Å². The van der Waals surface area contributed by atoms with Crippen LogP contribution in [0.5, 0.6) is 0 Å². The molecule has 2 aromatic rings. The highest BCUT2D eigenvalue weighted by molar-refractivity contribution is 7.17. The number of hydrogen-bond acceptors (Lipinski definition) is 5. The average molecular weight is 335 g/mol. The minimum absolute atomic E-state index is 0.0114. The Balaban J connectivity index is 1.90. The van der Waals surface area contributed by atoms with E-state index in [1.807, 2.05) is 13.8 Å². The number of methoxy groups -OCH3 is 1. The van der Waals surface area contributed by atoms with Gasteiger partial charge in [0.25, 0.3) is 11.5 Å². The van der Waals surface area contributed by atoms with E-state index >= 15 is 0 Å². The van der Waals surface area contributed by atoms with E-state index in [4.69, 9.17) is 4.74 Å². The first-order chi connectivity index (χ1) is 11.0. The molecule has 0 unspecified atom stereocenters. The van der Waals surface area contributed by atoms with Gasteiger partial charge in [-0.3, -0.25) is 14.0 Å². The molecule has 7 heteroatoms. The zero-order valence-corrected chi connectivity index (χ0v) is 14.4. The largest absolute Gasteiger partial charge is 0.379 e. The molecule has 0 aliphatic heterocycles. The van der Waals surface area contributed by atoms with Crippen molar-refractivity contribution >= 4 is 22.2 Å². The maximum atomic E-state index is 12.6. The summed E-state index contributed by atoms with van der Waals surface area (Å²) in [6.45, 7) is 3.81. The van der Waals surface area contributed by atoms with E-state index < -0.39 is 0 Å². The standard InChI is InChI=1S/C16H21N3O3S/c1-9-10(2)23-16-17-8-11(15(21)19(9)16)14(20)18-12-6-4-5-7-13(12)22-3/h8,12-13H,4-7H2,1-3H3,(H,18,20)/t12-,13+/m1/s1. The molecule has 1 aliphatic rings. The quantitative estimate of drug-likeness (QED) is 0.932. The second-order valence-electron chi connectivity index (χ2n) is 5.98. The average Bonchev–Trinajstić information content (AvgIpc) is 2.83. The van der Waals surface area contributed by atoms with Crippen molar-refractivity contribution < 1.29 is 9.53 Å². The molecule has 3 rings (SSSR count). The van der Waals surface area contributed by atoms with Crippen molar-refractivity contribution in [2.75, 3.05) is 7.11 Å². The molecule has 2 aromatic heterocycles. The van der Waals surface area contributed by atoms with Crippen LogP contribution in [0, 0.1) is 13.8 Å². The van der Waals surface area contributed by atoms with E-state index in [1.165, 1.54) is 21.9 Å². The number of hydrogen-bond donors (Lipinski definition) is 1. The van der Waals surface area contributed by atoms with Gasteiger partial charge in [-0.05, 0) is 26.7 Å². The smallest absolute Gasteiger partial charge is 0.271 e. The third kappa shape index (κ3) is 2.90. The fourth-order valence-corrected chi connectivity index (χ4v) is 4.05. The molecule has 1 N–H and O–H groups in total. The van der Waals surface area contributed by atoms with Crippen molar-refractivity contribution in [3.63, 3.8) is 0 Å². The van der Waals surface area contributed by atoms with E-state index in [-0.39, 0.29) is 29.2 Å². The van der Waals surface area contributed by atoms with Crippen LogP contribution in [0.15, 0.2) is 11.0 Å². The highest BCUT2D eigenvalue weighted by atomic mass is 32.1. The Bertz CT molecular complexity index is 796. The first kappa shape index (κ1) is 16.1. The van der Waals surface area contributed by atoms with E-state index in [9.17, 15) is 9.59 Å². The summed E-state index contributed by atoms with van der Waals surface area (Å²) in [5.41, 5.74) is 0.618. The Hall–Kier alpha value is -1.73. The second kappa shape index (κ2) is 6.41. The van der Waals surface area contributed by atoms with Gasteiger partial charge in [-0.1, -0.05) is 12.8 Å². The van der Waals surface area contributed by atoms with Gasteiger partial charge in [0.1, 0.15) is 5.56 Å². The van der Waals surface area contributed by atoms with E-state index in [0.717, 1.165) is 36.3 Å². The summed E-state index contributed by atoms with van der Waals surface area (Å²) in [6.07, 6.45) is 5.36. The van der Waals surface area contributed by atoms with Gasteiger partial charge in [0.2, 0.25) is 0 Å². The number of aryl methyl sites for hydroxylation is 2. The Morgan fingerprint density at radius 2 is 2.13 bits per heavy atom. The number of amides is 1. The predicted molar refractivity (Wildman–Crippen MR) is 89.3 cm³/mol. The molecule has 0 aromatic carbocycles. The Labute approximate surface area is 138 Å². The van der Waals surface area contributed by atoms with Gasteiger partial charge in [-0.25, -0.2) is 4.98 Å². The van der Waals surface area contributed by atoms with Gasteiger partial charge in [0.05, 0.1) is 12.1 Å². The van der Waals surface area contributed by atoms with Crippen LogP contribution in [0.25, 0.3) is 4.96 Å². The summed E-state index contributed by atoms with van der Waals surface area (Å²) in [7, 11) is 1.66. The number of nitrogens with zero attached hydrogens (tertiary/aromatic N) is 2. The van der Waals surface area contributed by atoms with Gasteiger partial charge in [-0.2, -0.15) is 0 Å². The molecule has 1 aliphatic carbocycles. The first-order valence-electron chi connectivity index (χ1n) is 7.84. The topological polar surface area (TPSA) is 72.7 Å². The lowest BCUT2D eigenvalue weighted by molar-refractivity contribution is 0.0392. The van der Waals surface area contributed by atoms with Crippen molar-refractivity contribution in [2.45, 2.75) is 51.7 Å². The number of carbonyl (C=O) groups is 1. The van der Waals surface area contributed by atoms with Gasteiger partial charge in [0, 0.05) is 23.9 Å². The number of fused-ring (bicyclic) bond motifs is 1. The van der Waals surface area contributed by atoms with Gasteiger partial charge >= 0.3 is 0 Å². The third-order valence-corrected chi connectivity index (χ3v) is 5.66. The lowest BCUT2D eigenvalue weighted by Gasteiger charge is -2.30. The zero-order valence-electron chi connectivity index (χ0n) is 13.6. The summed E-state index contributed by atoms with van der Waals surface area (Å²) in [6, 6.07) is -0.0494. The monoisotopic (exact) mass is 335 g/mol. The second-order valence-corrected chi connectivity index (χ2v) is 7.16. The number of rotatable bonds is 3. The van der Waals surface area contributed by atoms with Crippen LogP contribution in [0.1, 0.15) is 46.6 Å². The molecule has 0 spiro atoms. The molecule has 2 heterocycles. The third-order valence-electron chi connectivity index (χ3n) is 4.58. The summed E-state index contributed by atoms with van der Waals surface area (Å²) < 4.78 is 6.97. The lowest BCUT2D eigenvalue weighted by atomic mass is 9.92. The molecule has 124 valence electrons. The Morgan fingerprint density at radius 3 is 2.87 bits per heavy atom. The van der Waals surface area contributed by atoms with E-state index in [0.29, 0.717) is 4.96 Å². The number of nitrogens with one attached hydrogen (secondary N) is 1. The minimum atomic E-state index is -0.367. The van der Waals surface area contributed by atoms with Crippen LogP contribution in [0.3, 0.4) is 0 Å². The molecule has 23 heavy (non-hydrogen) atoms. The zero-order chi connectivity index (χ0) is 16.6. The summed E-state index contributed by atoms with van der Waals surface area (Å²) >= 11 is 1.45. The molecular weight excluding hydrogens is 314 g/mol. The highest BCUT2D eigenvalue weighted by Crippen LogP contribution is 2.21. The van der Waals surface area contributed by atoms with Crippen LogP contribution in [0.2, 0.25) is 0 Å². The van der Waals surface area contributed by atoms with Crippen LogP contribution in [-0.4, -0.2) is 34.5 Å². The molecule has 1 fully saturated rings. The van der Waals surface area contributed by atoms with Crippen LogP contribution >= 0.6 is 11.3 Å². The van der Waals surface area contributed by atoms with Gasteiger partial charge in [-0.15, -0.1) is 11.3 Å². The maximum Gasteiger partial charge on any atom is 0.271 e. The first-order valence-corrected chi connectivity index (χ1v) is 8.66. The molecule has 1 saturated carbocycles. The van der Waals surface area contributed by atoms with Crippen molar-refractivity contribution in [3.8, 4) is 0 Å². The van der Waals surface area contributed by atoms with Crippen LogP contribution in [0.4, 0.5) is 0 Å². The van der Waals surface area contributed by atoms with Gasteiger partial charge < -0.3 is 10.1 Å². The fraction of sp³-hybridized carbons (Fsp3) is 0.562. The number of thiazole rings is 1. The van der Waals surface area contributed by atoms with Crippen molar-refractivity contribution in [1.29, 1.82) is 0 Å². The molecule has 1 amide bonds. The maximum absolute atomic E-state index is 12.6. The summed E-state index contributed by atoms with van der Waals surface area (Å²) in [4.78, 5) is 31.1. The van der Waals surface area contributed by atoms with E-state index in [1.54, 1.807) is 7.11 Å². The molecule has 2 atom stereocenters. The number of aromatic nitrogens is 2. The summed E-state index contributed by atoms with van der Waals surface area (Å²) in [5, 5.41) is 2.95. The van der Waals surface area contributed by atoms with E-state index in [2.05, 4.69) is 10.3 Å². The van der Waals surface area contributed by atoms with Gasteiger partial charge in [0.15, 0.2) is 4.96 Å². The molecule has 0 radical (unpaired) electrons. The Kier molecular flexibility index (Phi) is 4.50. The Morgan fingerprint density at radius 1 is 1.39 bits per heavy atom. The highest BCUT2D eigenvalue weighted by Gasteiger charge is 2.27. The van der Waals surface area contributed by atoms with Crippen LogP contribution < -0.4 is 10.9 Å². The molecular formula is C16H21N3O3S. The SMILES string of the molecule is CO[C@H]1CCCC[C@H]1NC(=O)c1cnc2sc(C)c(C)n2c1=O. The number of ether oxygens (including phenoxy) is 1. The molecule has 0 bridgehead atoms. The normalized spacial score (nSPS) is 21.5. The number of carbonyl (C=O) groups excluding carboxylic acids is 1. The fourth-order valence-electron chi connectivity index (χ4n) is 3.12. The van der Waals surface area contributed by atoms with Crippen LogP contribution in [-0.2, 0) is 4.74 Å².